The Labute approximate surface area is 196 Å². The van der Waals surface area contributed by atoms with Crippen molar-refractivity contribution in [3.63, 3.8) is 0 Å². The molecule has 0 aromatic heterocycles. The van der Waals surface area contributed by atoms with Crippen LogP contribution in [0.15, 0.2) is 63.8 Å². The highest BCUT2D eigenvalue weighted by Crippen LogP contribution is 2.42. The van der Waals surface area contributed by atoms with Gasteiger partial charge in [0.1, 0.15) is 17.1 Å². The Kier molecular flexibility index (Phi) is 5.22. The van der Waals surface area contributed by atoms with Crippen LogP contribution in [0.2, 0.25) is 0 Å². The highest BCUT2D eigenvalue weighted by atomic mass is 16.7. The van der Waals surface area contributed by atoms with E-state index in [1.165, 1.54) is 42.5 Å². The number of carboxylic acids is 1. The summed E-state index contributed by atoms with van der Waals surface area (Å²) >= 11 is 0. The van der Waals surface area contributed by atoms with Gasteiger partial charge in [-0.25, -0.2) is 9.59 Å². The lowest BCUT2D eigenvalue weighted by Gasteiger charge is -2.19. The molecule has 3 aliphatic rings. The molecule has 1 unspecified atom stereocenters. The number of carboxylic acid groups (broad SMARTS) is 1. The van der Waals surface area contributed by atoms with E-state index in [4.69, 9.17) is 9.25 Å². The van der Waals surface area contributed by atoms with E-state index in [1.807, 2.05) is 0 Å². The summed E-state index contributed by atoms with van der Waals surface area (Å²) in [6.07, 6.45) is -1.13. The predicted molar refractivity (Wildman–Crippen MR) is 121 cm³/mol. The normalized spacial score (nSPS) is 15.6. The molecule has 5 rings (SSSR count). The molecule has 1 atom stereocenters. The van der Waals surface area contributed by atoms with Gasteiger partial charge in [0.25, 0.3) is 5.91 Å². The van der Waals surface area contributed by atoms with Crippen LogP contribution in [0.5, 0.6) is 5.75 Å². The largest absolute Gasteiger partial charge is 0.508 e. The molecular formula is C25H17NO9. The van der Waals surface area contributed by atoms with Crippen molar-refractivity contribution in [3.8, 4) is 28.2 Å². The van der Waals surface area contributed by atoms with Gasteiger partial charge in [-0.1, -0.05) is 6.07 Å². The third-order valence-electron chi connectivity index (χ3n) is 5.75. The van der Waals surface area contributed by atoms with E-state index in [0.717, 1.165) is 6.07 Å². The molecule has 2 aromatic rings. The van der Waals surface area contributed by atoms with Crippen molar-refractivity contribution in [1.29, 1.82) is 0 Å². The summed E-state index contributed by atoms with van der Waals surface area (Å²) in [5.74, 6) is -2.81. The number of hydrogen-bond acceptors (Lipinski definition) is 8. The van der Waals surface area contributed by atoms with Crippen LogP contribution in [0.25, 0.3) is 33.4 Å². The zero-order valence-electron chi connectivity index (χ0n) is 17.9. The molecule has 2 heterocycles. The Hall–Kier alpha value is -4.70. The van der Waals surface area contributed by atoms with E-state index in [2.05, 4.69) is 0 Å². The fourth-order valence-electron chi connectivity index (χ4n) is 4.12. The summed E-state index contributed by atoms with van der Waals surface area (Å²) in [5, 5.41) is 30.7. The number of aromatic hydroxyl groups is 1. The van der Waals surface area contributed by atoms with Crippen LogP contribution >= 0.6 is 0 Å². The lowest BCUT2D eigenvalue weighted by atomic mass is 9.90. The summed E-state index contributed by atoms with van der Waals surface area (Å²) in [6.45, 7) is 0. The Morgan fingerprint density at radius 3 is 2.49 bits per heavy atom. The van der Waals surface area contributed by atoms with Crippen LogP contribution in [0, 0.1) is 0 Å². The van der Waals surface area contributed by atoms with Gasteiger partial charge in [-0.2, -0.15) is 0 Å². The molecule has 0 saturated carbocycles. The van der Waals surface area contributed by atoms with E-state index in [0.29, 0.717) is 21.6 Å². The molecule has 1 saturated heterocycles. The summed E-state index contributed by atoms with van der Waals surface area (Å²) in [4.78, 5) is 53.6. The SMILES string of the molecule is O=C(ON1C(=O)CCC1O)c1ccc(-c2c3ccc(=O)cc-3oc3cc(O)ccc23)c(C(=O)O)c1. The van der Waals surface area contributed by atoms with Gasteiger partial charge in [0.05, 0.1) is 11.1 Å². The number of phenols is 1. The topological polar surface area (TPSA) is 155 Å². The number of hydrogen-bond donors (Lipinski definition) is 3. The van der Waals surface area contributed by atoms with Gasteiger partial charge in [-0.05, 0) is 42.0 Å². The third-order valence-corrected chi connectivity index (χ3v) is 5.75. The number of fused-ring (bicyclic) bond motifs is 2. The van der Waals surface area contributed by atoms with Gasteiger partial charge >= 0.3 is 11.9 Å². The van der Waals surface area contributed by atoms with Gasteiger partial charge in [0.15, 0.2) is 11.7 Å². The maximum Gasteiger partial charge on any atom is 0.363 e. The standard InChI is InChI=1S/C25H17NO9/c27-13-2-5-16-19(10-13)34-20-11-14(28)3-6-17(20)23(16)15-4-1-12(9-18(15)24(31)32)25(33)35-26-21(29)7-8-22(26)30/h1-6,9-11,21,27,29H,7-8H2,(H,31,32). The highest BCUT2D eigenvalue weighted by molar-refractivity contribution is 6.08. The fraction of sp³-hybridized carbons (Fsp3) is 0.120. The number of nitrogens with zero attached hydrogens (tertiary/aromatic N) is 1. The lowest BCUT2D eigenvalue weighted by Crippen LogP contribution is -2.35. The molecule has 0 bridgehead atoms. The Bertz CT molecular complexity index is 1550. The number of rotatable bonds is 4. The second-order valence-corrected chi connectivity index (χ2v) is 8.00. The maximum absolute atomic E-state index is 12.6. The molecule has 0 spiro atoms. The van der Waals surface area contributed by atoms with Crippen molar-refractivity contribution in [2.45, 2.75) is 19.1 Å². The smallest absolute Gasteiger partial charge is 0.363 e. The number of hydroxylamine groups is 2. The zero-order chi connectivity index (χ0) is 24.9. The Balaban J connectivity index is 1.68. The zero-order valence-corrected chi connectivity index (χ0v) is 17.9. The van der Waals surface area contributed by atoms with Crippen molar-refractivity contribution in [1.82, 2.24) is 5.06 Å². The first-order valence-corrected chi connectivity index (χ1v) is 10.5. The van der Waals surface area contributed by atoms with E-state index < -0.39 is 24.1 Å². The van der Waals surface area contributed by atoms with Gasteiger partial charge in [-0.3, -0.25) is 9.59 Å². The molecule has 1 amide bonds. The van der Waals surface area contributed by atoms with Crippen LogP contribution in [0.1, 0.15) is 33.6 Å². The van der Waals surface area contributed by atoms with E-state index >= 15 is 0 Å². The molecule has 10 nitrogen and oxygen atoms in total. The molecule has 2 aliphatic heterocycles. The molecule has 1 aliphatic carbocycles. The number of carbonyl (C=O) groups excluding carboxylic acids is 2. The van der Waals surface area contributed by atoms with Crippen LogP contribution in [0.4, 0.5) is 0 Å². The molecule has 176 valence electrons. The second-order valence-electron chi connectivity index (χ2n) is 8.00. The first-order chi connectivity index (χ1) is 16.7. The van der Waals surface area contributed by atoms with Crippen molar-refractivity contribution >= 4 is 28.8 Å². The number of aliphatic hydroxyl groups is 1. The molecule has 3 N–H and O–H groups in total. The first-order valence-electron chi connectivity index (χ1n) is 10.5. The Morgan fingerprint density at radius 1 is 1.00 bits per heavy atom. The van der Waals surface area contributed by atoms with Crippen LogP contribution < -0.4 is 5.43 Å². The third kappa shape index (κ3) is 3.85. The van der Waals surface area contributed by atoms with Gasteiger partial charge in [0, 0.05) is 41.5 Å². The summed E-state index contributed by atoms with van der Waals surface area (Å²) in [5.41, 5.74) is 0.602. The summed E-state index contributed by atoms with van der Waals surface area (Å²) < 4.78 is 5.78. The second kappa shape index (κ2) is 8.26. The minimum Gasteiger partial charge on any atom is -0.508 e. The molecule has 1 fully saturated rings. The first kappa shape index (κ1) is 22.1. The number of amides is 1. The Morgan fingerprint density at radius 2 is 1.77 bits per heavy atom. The average Bonchev–Trinajstić information content (AvgIpc) is 3.14. The predicted octanol–water partition coefficient (Wildman–Crippen LogP) is 2.98. The lowest BCUT2D eigenvalue weighted by molar-refractivity contribution is -0.191. The average molecular weight is 475 g/mol. The minimum absolute atomic E-state index is 0.0214. The van der Waals surface area contributed by atoms with E-state index in [9.17, 15) is 34.5 Å². The van der Waals surface area contributed by atoms with Gasteiger partial charge in [0.2, 0.25) is 0 Å². The van der Waals surface area contributed by atoms with Gasteiger partial charge < -0.3 is 24.6 Å². The van der Waals surface area contributed by atoms with Crippen LogP contribution in [0.3, 0.4) is 0 Å². The number of aliphatic hydroxyl groups excluding tert-OH is 1. The van der Waals surface area contributed by atoms with Crippen molar-refractivity contribution in [3.05, 3.63) is 75.9 Å². The summed E-state index contributed by atoms with van der Waals surface area (Å²) in [7, 11) is 0. The molecular weight excluding hydrogens is 458 g/mol. The molecule has 35 heavy (non-hydrogen) atoms. The van der Waals surface area contributed by atoms with E-state index in [-0.39, 0.29) is 52.1 Å². The number of phenolic OH excluding ortho intramolecular Hbond substituents is 1. The molecule has 2 aromatic carbocycles. The number of benzene rings is 3. The van der Waals surface area contributed by atoms with E-state index in [1.54, 1.807) is 6.07 Å². The van der Waals surface area contributed by atoms with Crippen LogP contribution in [-0.4, -0.2) is 44.5 Å². The fourth-order valence-corrected chi connectivity index (χ4v) is 4.12. The summed E-state index contributed by atoms with van der Waals surface area (Å²) in [6, 6.07) is 12.3. The highest BCUT2D eigenvalue weighted by Gasteiger charge is 2.33. The van der Waals surface area contributed by atoms with Crippen molar-refractivity contribution < 1.29 is 39.0 Å². The van der Waals surface area contributed by atoms with Crippen molar-refractivity contribution in [2.75, 3.05) is 0 Å². The number of carbonyl (C=O) groups is 3. The maximum atomic E-state index is 12.6. The van der Waals surface area contributed by atoms with Gasteiger partial charge in [-0.15, -0.1) is 5.06 Å². The quantitative estimate of drug-likeness (QED) is 0.378. The molecule has 10 heteroatoms. The minimum atomic E-state index is -1.34. The molecule has 0 radical (unpaired) electrons. The number of aromatic carboxylic acids is 1. The monoisotopic (exact) mass is 475 g/mol. The van der Waals surface area contributed by atoms with Crippen LogP contribution in [-0.2, 0) is 9.63 Å². The van der Waals surface area contributed by atoms with Crippen molar-refractivity contribution in [2.24, 2.45) is 0 Å².